The number of carbonyl (C=O) groups is 1. The van der Waals surface area contributed by atoms with E-state index in [9.17, 15) is 19.3 Å². The minimum absolute atomic E-state index is 0.0150. The topological polar surface area (TPSA) is 112 Å². The van der Waals surface area contributed by atoms with Crippen molar-refractivity contribution in [3.63, 3.8) is 0 Å². The van der Waals surface area contributed by atoms with Gasteiger partial charge in [-0.15, -0.1) is 16.8 Å². The van der Waals surface area contributed by atoms with Gasteiger partial charge in [-0.2, -0.15) is 0 Å². The number of hydrogen-bond acceptors (Lipinski definition) is 7. The highest BCUT2D eigenvalue weighted by molar-refractivity contribution is 7.99. The molecule has 3 rings (SSSR count). The van der Waals surface area contributed by atoms with Crippen molar-refractivity contribution < 1.29 is 18.8 Å². The molecule has 0 saturated heterocycles. The number of hydrogen-bond donors (Lipinski definition) is 1. The Morgan fingerprint density at radius 1 is 1.36 bits per heavy atom. The molecular weight excluding hydrogens is 473 g/mol. The number of allylic oxidation sites excluding steroid dienone is 1. The third-order valence-electron chi connectivity index (χ3n) is 4.31. The number of nitrogens with zero attached hydrogens (tertiary/aromatic N) is 4. The lowest BCUT2D eigenvalue weighted by atomic mass is 10.3. The second-order valence-corrected chi connectivity index (χ2v) is 8.06. The summed E-state index contributed by atoms with van der Waals surface area (Å²) < 4.78 is 20.7. The summed E-state index contributed by atoms with van der Waals surface area (Å²) in [4.78, 5) is 22.7. The van der Waals surface area contributed by atoms with E-state index in [1.807, 2.05) is 0 Å². The molecule has 0 aliphatic carbocycles. The van der Waals surface area contributed by atoms with Crippen molar-refractivity contribution in [2.75, 3.05) is 11.1 Å². The van der Waals surface area contributed by atoms with Crippen LogP contribution in [-0.4, -0.2) is 31.3 Å². The van der Waals surface area contributed by atoms with E-state index in [1.165, 1.54) is 42.5 Å². The quantitative estimate of drug-likeness (QED) is 0.183. The van der Waals surface area contributed by atoms with Crippen molar-refractivity contribution in [1.29, 1.82) is 0 Å². The van der Waals surface area contributed by atoms with Crippen molar-refractivity contribution >= 4 is 40.6 Å². The monoisotopic (exact) mass is 491 g/mol. The van der Waals surface area contributed by atoms with Crippen LogP contribution in [0.3, 0.4) is 0 Å². The molecule has 3 aromatic rings. The number of carbonyl (C=O) groups excluding carboxylic acids is 1. The van der Waals surface area contributed by atoms with E-state index in [0.717, 1.165) is 11.8 Å². The Bertz CT molecular complexity index is 1170. The van der Waals surface area contributed by atoms with Crippen molar-refractivity contribution in [1.82, 2.24) is 14.8 Å². The molecule has 0 radical (unpaired) electrons. The van der Waals surface area contributed by atoms with Gasteiger partial charge in [-0.1, -0.05) is 29.4 Å². The molecule has 2 aromatic carbocycles. The van der Waals surface area contributed by atoms with E-state index in [4.69, 9.17) is 16.3 Å². The Morgan fingerprint density at radius 2 is 2.09 bits per heavy atom. The predicted molar refractivity (Wildman–Crippen MR) is 123 cm³/mol. The van der Waals surface area contributed by atoms with Crippen molar-refractivity contribution in [2.24, 2.45) is 0 Å². The summed E-state index contributed by atoms with van der Waals surface area (Å²) in [5, 5.41) is 22.4. The molecule has 1 unspecified atom stereocenters. The molecule has 0 bridgehead atoms. The Balaban J connectivity index is 1.67. The van der Waals surface area contributed by atoms with Gasteiger partial charge in [0.05, 0.1) is 10.7 Å². The van der Waals surface area contributed by atoms with Gasteiger partial charge in [0.25, 0.3) is 5.69 Å². The zero-order valence-corrected chi connectivity index (χ0v) is 19.0. The van der Waals surface area contributed by atoms with Gasteiger partial charge >= 0.3 is 0 Å². The summed E-state index contributed by atoms with van der Waals surface area (Å²) in [5.41, 5.74) is -0.0427. The number of benzene rings is 2. The highest BCUT2D eigenvalue weighted by atomic mass is 35.5. The zero-order chi connectivity index (χ0) is 24.0. The molecule has 0 spiro atoms. The normalized spacial score (nSPS) is 11.6. The van der Waals surface area contributed by atoms with Crippen LogP contribution in [0.1, 0.15) is 18.9 Å². The molecule has 0 fully saturated rings. The molecule has 1 amide bonds. The number of thioether (sulfide) groups is 1. The molecule has 172 valence electrons. The highest BCUT2D eigenvalue weighted by Crippen LogP contribution is 2.28. The maximum Gasteiger partial charge on any atom is 0.289 e. The Morgan fingerprint density at radius 3 is 2.76 bits per heavy atom. The maximum absolute atomic E-state index is 13.1. The fourth-order valence-corrected chi connectivity index (χ4v) is 3.78. The summed E-state index contributed by atoms with van der Waals surface area (Å²) >= 11 is 6.93. The number of nitrogens with one attached hydrogen (secondary N) is 1. The Kier molecular flexibility index (Phi) is 8.01. The second-order valence-electron chi connectivity index (χ2n) is 6.71. The molecule has 1 N–H and O–H groups in total. The lowest BCUT2D eigenvalue weighted by molar-refractivity contribution is -0.384. The average Bonchev–Trinajstić information content (AvgIpc) is 3.18. The first-order chi connectivity index (χ1) is 15.8. The number of halogens is 2. The Labute approximate surface area is 197 Å². The number of amides is 1. The number of nitro groups is 1. The van der Waals surface area contributed by atoms with Crippen LogP contribution < -0.4 is 10.1 Å². The van der Waals surface area contributed by atoms with E-state index in [2.05, 4.69) is 22.1 Å². The zero-order valence-electron chi connectivity index (χ0n) is 17.4. The SMILES string of the molecule is C=CCn1c(SCC(=O)Nc2ccc(Cl)c([N+](=O)[O-])c2)nnc1C(C)Oc1ccc(F)cc1. The Hall–Kier alpha value is -3.44. The fraction of sp³-hybridized carbons (Fsp3) is 0.190. The number of ether oxygens (including phenoxy) is 1. The van der Waals surface area contributed by atoms with E-state index in [0.29, 0.717) is 23.3 Å². The summed E-state index contributed by atoms with van der Waals surface area (Å²) in [6.07, 6.45) is 1.16. The molecule has 33 heavy (non-hydrogen) atoms. The minimum Gasteiger partial charge on any atom is -0.483 e. The van der Waals surface area contributed by atoms with Gasteiger partial charge in [0.1, 0.15) is 16.6 Å². The van der Waals surface area contributed by atoms with Crippen LogP contribution in [0.15, 0.2) is 60.3 Å². The van der Waals surface area contributed by atoms with Gasteiger partial charge < -0.3 is 10.1 Å². The predicted octanol–water partition coefficient (Wildman–Crippen LogP) is 5.04. The first-order valence-electron chi connectivity index (χ1n) is 9.61. The van der Waals surface area contributed by atoms with Crippen LogP contribution in [0.2, 0.25) is 5.02 Å². The summed E-state index contributed by atoms with van der Waals surface area (Å²) in [5.74, 6) is 0.217. The molecule has 0 aliphatic heterocycles. The number of nitro benzene ring substituents is 1. The van der Waals surface area contributed by atoms with Crippen LogP contribution in [0, 0.1) is 15.9 Å². The third kappa shape index (κ3) is 6.30. The van der Waals surface area contributed by atoms with Crippen LogP contribution >= 0.6 is 23.4 Å². The first-order valence-corrected chi connectivity index (χ1v) is 11.0. The lowest BCUT2D eigenvalue weighted by Gasteiger charge is -2.15. The van der Waals surface area contributed by atoms with Crippen LogP contribution in [0.25, 0.3) is 0 Å². The lowest BCUT2D eigenvalue weighted by Crippen LogP contribution is -2.15. The molecule has 12 heteroatoms. The smallest absolute Gasteiger partial charge is 0.289 e. The molecular formula is C21H19ClFN5O4S. The van der Waals surface area contributed by atoms with Gasteiger partial charge in [-0.05, 0) is 43.3 Å². The molecule has 0 aliphatic rings. The van der Waals surface area contributed by atoms with E-state index < -0.39 is 11.0 Å². The minimum atomic E-state index is -0.624. The third-order valence-corrected chi connectivity index (χ3v) is 5.59. The summed E-state index contributed by atoms with van der Waals surface area (Å²) in [6, 6.07) is 9.64. The van der Waals surface area contributed by atoms with Gasteiger partial charge in [0.15, 0.2) is 17.1 Å². The second kappa shape index (κ2) is 10.9. The first kappa shape index (κ1) is 24.2. The molecule has 1 heterocycles. The van der Waals surface area contributed by atoms with Gasteiger partial charge in [0.2, 0.25) is 5.91 Å². The van der Waals surface area contributed by atoms with E-state index in [-0.39, 0.29) is 33.9 Å². The standard InChI is InChI=1S/C21H19ClFN5O4S/c1-3-10-27-20(13(2)32-16-7-4-14(23)5-8-16)25-26-21(27)33-12-19(29)24-15-6-9-17(22)18(11-15)28(30)31/h3-9,11,13H,1,10,12H2,2H3,(H,24,29). The number of anilines is 1. The highest BCUT2D eigenvalue weighted by Gasteiger charge is 2.20. The van der Waals surface area contributed by atoms with Crippen LogP contribution in [0.4, 0.5) is 15.8 Å². The molecule has 1 atom stereocenters. The van der Waals surface area contributed by atoms with Crippen molar-refractivity contribution in [2.45, 2.75) is 24.7 Å². The van der Waals surface area contributed by atoms with Gasteiger partial charge in [-0.25, -0.2) is 4.39 Å². The van der Waals surface area contributed by atoms with Crippen LogP contribution in [0.5, 0.6) is 5.75 Å². The van der Waals surface area contributed by atoms with Gasteiger partial charge in [-0.3, -0.25) is 19.5 Å². The largest absolute Gasteiger partial charge is 0.483 e. The maximum atomic E-state index is 13.1. The number of aromatic nitrogens is 3. The summed E-state index contributed by atoms with van der Waals surface area (Å²) in [7, 11) is 0. The number of rotatable bonds is 10. The van der Waals surface area contributed by atoms with Crippen molar-refractivity contribution in [3.05, 3.63) is 81.9 Å². The van der Waals surface area contributed by atoms with Gasteiger partial charge in [0, 0.05) is 18.3 Å². The fourth-order valence-electron chi connectivity index (χ4n) is 2.84. The molecule has 0 saturated carbocycles. The summed E-state index contributed by atoms with van der Waals surface area (Å²) in [6.45, 7) is 5.90. The van der Waals surface area contributed by atoms with E-state index in [1.54, 1.807) is 17.6 Å². The van der Waals surface area contributed by atoms with Crippen molar-refractivity contribution in [3.8, 4) is 5.75 Å². The average molecular weight is 492 g/mol. The molecule has 9 nitrogen and oxygen atoms in total. The molecule has 1 aromatic heterocycles. The van der Waals surface area contributed by atoms with Crippen LogP contribution in [-0.2, 0) is 11.3 Å². The van der Waals surface area contributed by atoms with E-state index >= 15 is 0 Å².